The Morgan fingerprint density at radius 2 is 1.65 bits per heavy atom. The van der Waals surface area contributed by atoms with E-state index in [4.69, 9.17) is 0 Å². The van der Waals surface area contributed by atoms with E-state index in [2.05, 4.69) is 15.0 Å². The molecule has 0 amide bonds. The zero-order valence-corrected chi connectivity index (χ0v) is 16.5. The third-order valence-corrected chi connectivity index (χ3v) is 7.81. The van der Waals surface area contributed by atoms with Gasteiger partial charge in [-0.15, -0.1) is 0 Å². The highest BCUT2D eigenvalue weighted by atomic mass is 32.2. The van der Waals surface area contributed by atoms with Crippen molar-refractivity contribution in [2.24, 2.45) is 0 Å². The van der Waals surface area contributed by atoms with Gasteiger partial charge in [-0.05, 0) is 37.8 Å². The molecule has 0 atom stereocenters. The molecule has 146 valence electrons. The number of rotatable bonds is 6. The quantitative estimate of drug-likeness (QED) is 0.739. The SMILES string of the molecule is CS(=O)(=O)N1CCC(Nc2ccc(S(=O)(=O)NC3CCCC3)cn2)CC1. The van der Waals surface area contributed by atoms with E-state index in [-0.39, 0.29) is 17.0 Å². The summed E-state index contributed by atoms with van der Waals surface area (Å²) < 4.78 is 52.1. The van der Waals surface area contributed by atoms with Gasteiger partial charge in [0.05, 0.1) is 6.26 Å². The fraction of sp³-hybridized carbons (Fsp3) is 0.688. The van der Waals surface area contributed by atoms with Gasteiger partial charge in [-0.3, -0.25) is 0 Å². The number of sulfonamides is 2. The molecule has 1 saturated heterocycles. The average molecular weight is 403 g/mol. The topological polar surface area (TPSA) is 108 Å². The van der Waals surface area contributed by atoms with Crippen molar-refractivity contribution in [3.05, 3.63) is 18.3 Å². The highest BCUT2D eigenvalue weighted by molar-refractivity contribution is 7.89. The summed E-state index contributed by atoms with van der Waals surface area (Å²) in [5.74, 6) is 0.600. The second-order valence-electron chi connectivity index (χ2n) is 7.06. The molecule has 0 bridgehead atoms. The van der Waals surface area contributed by atoms with Crippen LogP contribution in [0.15, 0.2) is 23.2 Å². The Hall–Kier alpha value is -1.23. The van der Waals surface area contributed by atoms with Gasteiger partial charge in [0.2, 0.25) is 20.0 Å². The Morgan fingerprint density at radius 3 is 2.19 bits per heavy atom. The summed E-state index contributed by atoms with van der Waals surface area (Å²) >= 11 is 0. The van der Waals surface area contributed by atoms with Crippen LogP contribution in [0.2, 0.25) is 0 Å². The van der Waals surface area contributed by atoms with Crippen LogP contribution in [0.3, 0.4) is 0 Å². The van der Waals surface area contributed by atoms with E-state index < -0.39 is 20.0 Å². The van der Waals surface area contributed by atoms with Crippen LogP contribution in [0.25, 0.3) is 0 Å². The molecule has 2 N–H and O–H groups in total. The van der Waals surface area contributed by atoms with Crippen molar-refractivity contribution in [1.82, 2.24) is 14.0 Å². The molecule has 2 fully saturated rings. The summed E-state index contributed by atoms with van der Waals surface area (Å²) in [6, 6.07) is 3.36. The molecule has 0 unspecified atom stereocenters. The minimum atomic E-state index is -3.53. The van der Waals surface area contributed by atoms with E-state index >= 15 is 0 Å². The average Bonchev–Trinajstić information content (AvgIpc) is 3.07. The molecule has 3 rings (SSSR count). The maximum Gasteiger partial charge on any atom is 0.242 e. The largest absolute Gasteiger partial charge is 0.367 e. The smallest absolute Gasteiger partial charge is 0.242 e. The van der Waals surface area contributed by atoms with Crippen LogP contribution in [0.1, 0.15) is 38.5 Å². The van der Waals surface area contributed by atoms with Crippen molar-refractivity contribution in [2.45, 2.75) is 55.5 Å². The van der Waals surface area contributed by atoms with Gasteiger partial charge in [-0.25, -0.2) is 30.8 Å². The molecule has 1 aromatic heterocycles. The maximum absolute atomic E-state index is 12.4. The van der Waals surface area contributed by atoms with E-state index in [1.807, 2.05) is 0 Å². The molecule has 26 heavy (non-hydrogen) atoms. The van der Waals surface area contributed by atoms with Gasteiger partial charge in [0, 0.05) is 31.4 Å². The van der Waals surface area contributed by atoms with Gasteiger partial charge in [-0.2, -0.15) is 0 Å². The molecule has 0 aromatic carbocycles. The van der Waals surface area contributed by atoms with Gasteiger partial charge in [0.1, 0.15) is 10.7 Å². The zero-order chi connectivity index (χ0) is 18.8. The molecule has 10 heteroatoms. The molecule has 1 aromatic rings. The second-order valence-corrected chi connectivity index (χ2v) is 10.8. The standard InChI is InChI=1S/C16H26N4O4S2/c1-25(21,22)20-10-8-13(9-11-20)18-16-7-6-15(12-17-16)26(23,24)19-14-4-2-3-5-14/h6-7,12-14,19H,2-5,8-11H2,1H3,(H,17,18). The van der Waals surface area contributed by atoms with Crippen LogP contribution in [0.5, 0.6) is 0 Å². The van der Waals surface area contributed by atoms with Crippen molar-refractivity contribution < 1.29 is 16.8 Å². The molecular weight excluding hydrogens is 376 g/mol. The molecule has 0 radical (unpaired) electrons. The molecule has 1 aliphatic heterocycles. The second kappa shape index (κ2) is 7.79. The van der Waals surface area contributed by atoms with E-state index in [0.29, 0.717) is 31.7 Å². The normalized spacial score (nSPS) is 21.1. The van der Waals surface area contributed by atoms with Crippen molar-refractivity contribution in [3.63, 3.8) is 0 Å². The molecular formula is C16H26N4O4S2. The maximum atomic E-state index is 12.4. The van der Waals surface area contributed by atoms with E-state index in [9.17, 15) is 16.8 Å². The lowest BCUT2D eigenvalue weighted by Crippen LogP contribution is -2.41. The first-order chi connectivity index (χ1) is 12.2. The van der Waals surface area contributed by atoms with Crippen molar-refractivity contribution >= 4 is 25.9 Å². The van der Waals surface area contributed by atoms with Crippen molar-refractivity contribution in [2.75, 3.05) is 24.7 Å². The van der Waals surface area contributed by atoms with Gasteiger partial charge in [0.15, 0.2) is 0 Å². The lowest BCUT2D eigenvalue weighted by Gasteiger charge is -2.30. The van der Waals surface area contributed by atoms with Crippen LogP contribution < -0.4 is 10.0 Å². The first kappa shape index (κ1) is 19.5. The van der Waals surface area contributed by atoms with Gasteiger partial charge in [0.25, 0.3) is 0 Å². The summed E-state index contributed by atoms with van der Waals surface area (Å²) in [5.41, 5.74) is 0. The van der Waals surface area contributed by atoms with Crippen LogP contribution >= 0.6 is 0 Å². The number of pyridine rings is 1. The first-order valence-corrected chi connectivity index (χ1v) is 12.3. The minimum Gasteiger partial charge on any atom is -0.367 e. The highest BCUT2D eigenvalue weighted by Gasteiger charge is 2.26. The van der Waals surface area contributed by atoms with E-state index in [0.717, 1.165) is 25.7 Å². The summed E-state index contributed by atoms with van der Waals surface area (Å²) in [6.45, 7) is 0.961. The van der Waals surface area contributed by atoms with Crippen LogP contribution in [0.4, 0.5) is 5.82 Å². The summed E-state index contributed by atoms with van der Waals surface area (Å²) in [4.78, 5) is 4.39. The van der Waals surface area contributed by atoms with Gasteiger partial charge >= 0.3 is 0 Å². The number of nitrogens with zero attached hydrogens (tertiary/aromatic N) is 2. The molecule has 1 saturated carbocycles. The minimum absolute atomic E-state index is 0.0258. The number of piperidine rings is 1. The molecule has 8 nitrogen and oxygen atoms in total. The zero-order valence-electron chi connectivity index (χ0n) is 14.9. The summed E-state index contributed by atoms with van der Waals surface area (Å²) in [6.07, 6.45) is 7.87. The monoisotopic (exact) mass is 402 g/mol. The Labute approximate surface area is 155 Å². The van der Waals surface area contributed by atoms with E-state index in [1.165, 1.54) is 16.8 Å². The number of nitrogens with one attached hydrogen (secondary N) is 2. The Balaban J connectivity index is 1.56. The Bertz CT molecular complexity index is 810. The molecule has 2 heterocycles. The van der Waals surface area contributed by atoms with E-state index in [1.54, 1.807) is 12.1 Å². The van der Waals surface area contributed by atoms with Crippen molar-refractivity contribution in [1.29, 1.82) is 0 Å². The Kier molecular flexibility index (Phi) is 5.85. The third kappa shape index (κ3) is 4.93. The number of hydrogen-bond donors (Lipinski definition) is 2. The number of aromatic nitrogens is 1. The van der Waals surface area contributed by atoms with Gasteiger partial charge in [-0.1, -0.05) is 12.8 Å². The third-order valence-electron chi connectivity index (χ3n) is 5.00. The predicted molar refractivity (Wildman–Crippen MR) is 99.9 cm³/mol. The molecule has 1 aliphatic carbocycles. The predicted octanol–water partition coefficient (Wildman–Crippen LogP) is 1.14. The van der Waals surface area contributed by atoms with Crippen LogP contribution in [0, 0.1) is 0 Å². The molecule has 0 spiro atoms. The fourth-order valence-corrected chi connectivity index (χ4v) is 5.62. The fourth-order valence-electron chi connectivity index (χ4n) is 3.50. The van der Waals surface area contributed by atoms with Crippen LogP contribution in [-0.4, -0.2) is 57.6 Å². The number of anilines is 1. The summed E-state index contributed by atoms with van der Waals surface area (Å²) in [7, 11) is -6.67. The molecule has 2 aliphatic rings. The van der Waals surface area contributed by atoms with Gasteiger partial charge < -0.3 is 5.32 Å². The lowest BCUT2D eigenvalue weighted by atomic mass is 10.1. The Morgan fingerprint density at radius 1 is 1.00 bits per heavy atom. The van der Waals surface area contributed by atoms with Crippen LogP contribution in [-0.2, 0) is 20.0 Å². The van der Waals surface area contributed by atoms with Crippen molar-refractivity contribution in [3.8, 4) is 0 Å². The lowest BCUT2D eigenvalue weighted by molar-refractivity contribution is 0.331. The summed E-state index contributed by atoms with van der Waals surface area (Å²) in [5, 5.41) is 3.26. The highest BCUT2D eigenvalue weighted by Crippen LogP contribution is 2.21. The number of hydrogen-bond acceptors (Lipinski definition) is 6. The first-order valence-electron chi connectivity index (χ1n) is 8.94.